The van der Waals surface area contributed by atoms with Gasteiger partial charge in [-0.3, -0.25) is 24.0 Å². The van der Waals surface area contributed by atoms with Gasteiger partial charge in [0.1, 0.15) is 12.9 Å². The van der Waals surface area contributed by atoms with Gasteiger partial charge in [-0.25, -0.2) is 0 Å². The predicted molar refractivity (Wildman–Crippen MR) is 313 cm³/mol. The first-order valence-electron chi connectivity index (χ1n) is 28.9. The van der Waals surface area contributed by atoms with Crippen LogP contribution < -0.4 is 37.2 Å². The number of unbranched alkanes of at least 4 members (excludes halogenated alkanes) is 1. The van der Waals surface area contributed by atoms with Crippen molar-refractivity contribution in [2.24, 2.45) is 5.73 Å². The highest BCUT2D eigenvalue weighted by Crippen LogP contribution is 2.26. The number of para-hydroxylation sites is 1. The number of ether oxygens (including phenoxy) is 9. The van der Waals surface area contributed by atoms with Crippen molar-refractivity contribution in [1.82, 2.24) is 26.6 Å². The molecule has 5 amide bonds. The van der Waals surface area contributed by atoms with E-state index in [2.05, 4.69) is 38.4 Å². The second-order valence-corrected chi connectivity index (χ2v) is 19.9. The van der Waals surface area contributed by atoms with Crippen LogP contribution in [0.25, 0.3) is 0 Å². The number of anilines is 1. The molecule has 23 nitrogen and oxygen atoms in total. The number of nitrogens with two attached hydrogens (primary N) is 1. The van der Waals surface area contributed by atoms with Crippen LogP contribution in [0.4, 0.5) is 5.69 Å². The molecule has 24 heteroatoms. The second-order valence-electron chi connectivity index (χ2n) is 19.3. The Morgan fingerprint density at radius 2 is 1.17 bits per heavy atom. The Morgan fingerprint density at radius 1 is 0.614 bits per heavy atom. The van der Waals surface area contributed by atoms with E-state index in [0.717, 1.165) is 53.8 Å². The summed E-state index contributed by atoms with van der Waals surface area (Å²) in [5, 5.41) is 14.5. The van der Waals surface area contributed by atoms with Gasteiger partial charge in [-0.15, -0.1) is 0 Å². The van der Waals surface area contributed by atoms with Crippen LogP contribution in [-0.4, -0.2) is 197 Å². The van der Waals surface area contributed by atoms with Gasteiger partial charge in [-0.2, -0.15) is 0 Å². The summed E-state index contributed by atoms with van der Waals surface area (Å²) in [4.78, 5) is 75.9. The molecule has 8 N–H and O–H groups in total. The summed E-state index contributed by atoms with van der Waals surface area (Å²) in [6, 6.07) is 14.6. The maximum atomic E-state index is 13.4. The Bertz CT molecular complexity index is 2290. The molecule has 0 bridgehead atoms. The monoisotopic (exact) mass is 1180 g/mol. The second kappa shape index (κ2) is 45.7. The van der Waals surface area contributed by atoms with E-state index in [-0.39, 0.29) is 75.0 Å². The highest BCUT2D eigenvalue weighted by molar-refractivity contribution is 7.93. The average molecular weight is 1180 g/mol. The number of amides is 5. The molecule has 83 heavy (non-hydrogen) atoms. The third-order valence-corrected chi connectivity index (χ3v) is 13.3. The fraction of sp³-hybridized carbons (Fsp3) is 0.627. The first-order valence-corrected chi connectivity index (χ1v) is 29.9. The van der Waals surface area contributed by atoms with Crippen LogP contribution in [0.15, 0.2) is 59.9 Å². The number of aldehydes is 1. The maximum Gasteiger partial charge on any atom is 0.246 e. The molecule has 0 aromatic heterocycles. The van der Waals surface area contributed by atoms with Gasteiger partial charge < -0.3 is 89.2 Å². The summed E-state index contributed by atoms with van der Waals surface area (Å²) in [5.74, 6) is 5.78. The van der Waals surface area contributed by atoms with E-state index in [9.17, 15) is 28.8 Å². The first kappa shape index (κ1) is 69.8. The first-order chi connectivity index (χ1) is 40.7. The topological polar surface area (TPSA) is 295 Å². The Balaban J connectivity index is 0.901. The third-order valence-electron chi connectivity index (χ3n) is 12.9. The minimum Gasteiger partial charge on any atom is -0.399 e. The summed E-state index contributed by atoms with van der Waals surface area (Å²) >= 11 is 0.687. The van der Waals surface area contributed by atoms with Crippen LogP contribution in [0, 0.1) is 11.8 Å². The highest BCUT2D eigenvalue weighted by Gasteiger charge is 2.23. The van der Waals surface area contributed by atoms with Crippen molar-refractivity contribution >= 4 is 53.6 Å². The lowest BCUT2D eigenvalue weighted by Gasteiger charge is -2.26. The molecule has 0 spiro atoms. The number of benzene rings is 2. The number of carbonyl (C=O) groups excluding carboxylic acids is 6. The third kappa shape index (κ3) is 32.2. The molecule has 2 aromatic carbocycles. The Kier molecular flexibility index (Phi) is 38.4. The molecular weight excluding hydrogens is 1090 g/mol. The lowest BCUT2D eigenvalue weighted by molar-refractivity contribution is -0.127. The molecule has 4 rings (SSSR count). The van der Waals surface area contributed by atoms with Gasteiger partial charge in [0.25, 0.3) is 0 Å². The largest absolute Gasteiger partial charge is 0.399 e. The van der Waals surface area contributed by atoms with Crippen molar-refractivity contribution in [2.75, 3.05) is 149 Å². The van der Waals surface area contributed by atoms with Gasteiger partial charge in [0.2, 0.25) is 29.5 Å². The van der Waals surface area contributed by atoms with E-state index in [0.29, 0.717) is 181 Å². The summed E-state index contributed by atoms with van der Waals surface area (Å²) in [6.07, 6.45) is 6.89. The van der Waals surface area contributed by atoms with E-state index in [1.165, 1.54) is 0 Å². The van der Waals surface area contributed by atoms with E-state index in [1.54, 1.807) is 4.90 Å². The van der Waals surface area contributed by atoms with Crippen LogP contribution in [0.3, 0.4) is 0 Å². The van der Waals surface area contributed by atoms with Crippen LogP contribution in [0.5, 0.6) is 0 Å². The molecule has 1 unspecified atom stereocenters. The molecule has 1 heterocycles. The smallest absolute Gasteiger partial charge is 0.246 e. The number of nitrogens with one attached hydrogen (secondary N) is 5. The zero-order valence-corrected chi connectivity index (χ0v) is 48.9. The van der Waals surface area contributed by atoms with Crippen molar-refractivity contribution in [3.05, 3.63) is 76.6 Å². The molecule has 1 aliphatic heterocycles. The predicted octanol–water partition coefficient (Wildman–Crippen LogP) is 3.14. The van der Waals surface area contributed by atoms with Gasteiger partial charge in [0.15, 0.2) is 0 Å². The molecular formula is C59H89N7O16S. The molecule has 1 aliphatic carbocycles. The molecule has 2 aromatic rings. The molecule has 2 aliphatic rings. The lowest BCUT2D eigenvalue weighted by atomic mass is 9.99. The summed E-state index contributed by atoms with van der Waals surface area (Å²) in [6.45, 7) is 7.62. The lowest BCUT2D eigenvalue weighted by Crippen LogP contribution is -2.37. The average Bonchev–Trinajstić information content (AvgIpc) is 3.58. The SMILES string of the molecule is N/C1=C(\NCCOCCOCCOCCOCCC(=O)NCCSO)CCCCCC1OCC(=O)NCCCC[C@H](C=O)NC(=O)CCOCCOCCOCCOCCNC(=O)CCC(=O)N1Cc2ccccc2C#Cc2ccccc21. The zero-order valence-electron chi connectivity index (χ0n) is 48.1. The Hall–Kier alpha value is -5.69. The number of fused-ring (bicyclic) bond motifs is 2. The van der Waals surface area contributed by atoms with E-state index in [1.807, 2.05) is 48.5 Å². The van der Waals surface area contributed by atoms with Crippen molar-refractivity contribution in [3.63, 3.8) is 0 Å². The molecule has 0 saturated heterocycles. The summed E-state index contributed by atoms with van der Waals surface area (Å²) < 4.78 is 58.9. The number of carbonyl (C=O) groups is 6. The van der Waals surface area contributed by atoms with Gasteiger partial charge >= 0.3 is 0 Å². The minimum absolute atomic E-state index is 0.0539. The molecule has 2 atom stereocenters. The molecule has 462 valence electrons. The molecule has 0 radical (unpaired) electrons. The van der Waals surface area contributed by atoms with E-state index < -0.39 is 12.1 Å². The number of hydrogen-bond donors (Lipinski definition) is 7. The Morgan fingerprint density at radius 3 is 1.83 bits per heavy atom. The summed E-state index contributed by atoms with van der Waals surface area (Å²) in [7, 11) is 0. The zero-order chi connectivity index (χ0) is 59.2. The number of nitrogens with zero attached hydrogens (tertiary/aromatic N) is 1. The van der Waals surface area contributed by atoms with Crippen LogP contribution in [-0.2, 0) is 77.9 Å². The molecule has 0 saturated carbocycles. The van der Waals surface area contributed by atoms with Gasteiger partial charge in [-0.05, 0) is 74.3 Å². The number of rotatable bonds is 47. The number of allylic oxidation sites excluding steroid dienone is 1. The maximum absolute atomic E-state index is 13.4. The normalized spacial score (nSPS) is 15.2. The van der Waals surface area contributed by atoms with Crippen LogP contribution in [0.1, 0.15) is 93.7 Å². The van der Waals surface area contributed by atoms with Gasteiger partial charge in [-0.1, -0.05) is 55.0 Å². The Labute approximate surface area is 493 Å². The van der Waals surface area contributed by atoms with E-state index >= 15 is 0 Å². The highest BCUT2D eigenvalue weighted by atomic mass is 32.2. The van der Waals surface area contributed by atoms with Crippen LogP contribution in [0.2, 0.25) is 0 Å². The number of hydrogen-bond acceptors (Lipinski definition) is 19. The van der Waals surface area contributed by atoms with Crippen molar-refractivity contribution < 1.29 is 76.0 Å². The minimum atomic E-state index is -0.643. The summed E-state index contributed by atoms with van der Waals surface area (Å²) in [5.41, 5.74) is 11.4. The molecule has 0 fully saturated rings. The van der Waals surface area contributed by atoms with Crippen molar-refractivity contribution in [2.45, 2.75) is 95.7 Å². The van der Waals surface area contributed by atoms with Gasteiger partial charge in [0, 0.05) is 74.4 Å². The van der Waals surface area contributed by atoms with Crippen molar-refractivity contribution in [1.29, 1.82) is 0 Å². The fourth-order valence-electron chi connectivity index (χ4n) is 8.43. The fourth-order valence-corrected chi connectivity index (χ4v) is 8.62. The van der Waals surface area contributed by atoms with Crippen LogP contribution >= 0.6 is 12.0 Å². The quantitative estimate of drug-likeness (QED) is 0.0217. The van der Waals surface area contributed by atoms with E-state index in [4.69, 9.17) is 52.9 Å². The van der Waals surface area contributed by atoms with Gasteiger partial charge in [0.05, 0.1) is 136 Å². The van der Waals surface area contributed by atoms with Crippen molar-refractivity contribution in [3.8, 4) is 11.8 Å². The standard InChI is InChI=1S/C59H89N7O16S/c60-59-51(61-24-29-76-33-37-80-41-39-78-35-31-74-27-21-55(69)64-26-43-83-73)14-2-1-3-16-53(59)82-46-57(71)62-23-9-8-13-50(45-67)65-56(70)22-28-75-32-36-79-40-42-81-38-34-77-30-25-63-54(68)19-20-58(72)66-44-49-12-5-4-10-47(49)17-18-48-11-6-7-15-52(48)66/h4-7,10-12,15,45,50,53,61,73H,1-3,8-9,13-14,16,19-44,46,60H2,(H,62,71)(H,63,68)(H,64,69)(H,65,70)/b59-51-/t50-,53?/m1/s1.